The Hall–Kier alpha value is -0.790. The van der Waals surface area contributed by atoms with Crippen molar-refractivity contribution in [2.75, 3.05) is 0 Å². The van der Waals surface area contributed by atoms with Crippen molar-refractivity contribution >= 4 is 5.91 Å². The molecule has 1 N–H and O–H groups in total. The molecule has 2 heteroatoms. The number of carbonyl (C=O) groups is 1. The van der Waals surface area contributed by atoms with E-state index in [1.54, 1.807) is 0 Å². The van der Waals surface area contributed by atoms with Gasteiger partial charge in [0.2, 0.25) is 5.91 Å². The van der Waals surface area contributed by atoms with Crippen LogP contribution < -0.4 is 5.32 Å². The van der Waals surface area contributed by atoms with E-state index in [0.29, 0.717) is 5.92 Å². The molecule has 1 amide bonds. The Labute approximate surface area is 73.0 Å². The molecule has 1 aliphatic carbocycles. The van der Waals surface area contributed by atoms with Crippen LogP contribution >= 0.6 is 0 Å². The van der Waals surface area contributed by atoms with Crippen LogP contribution in [-0.2, 0) is 4.79 Å². The minimum Gasteiger partial charge on any atom is -0.349 e. The van der Waals surface area contributed by atoms with Gasteiger partial charge in [-0.25, -0.2) is 0 Å². The van der Waals surface area contributed by atoms with E-state index < -0.39 is 0 Å². The summed E-state index contributed by atoms with van der Waals surface area (Å²) in [7, 11) is 0. The highest BCUT2D eigenvalue weighted by atomic mass is 16.2. The van der Waals surface area contributed by atoms with Crippen LogP contribution in [0, 0.1) is 11.8 Å². The fourth-order valence-corrected chi connectivity index (χ4v) is 2.80. The number of nitrogens with one attached hydrogen (secondary N) is 1. The Bertz CT molecular complexity index is 269. The van der Waals surface area contributed by atoms with Gasteiger partial charge in [-0.05, 0) is 26.2 Å². The molecule has 0 saturated carbocycles. The number of β-lactam (4-membered cyclic amide) rings is 1. The Morgan fingerprint density at radius 3 is 2.83 bits per heavy atom. The molecule has 12 heavy (non-hydrogen) atoms. The molecule has 0 aromatic carbocycles. The highest BCUT2D eigenvalue weighted by Gasteiger charge is 2.53. The lowest BCUT2D eigenvalue weighted by atomic mass is 9.64. The van der Waals surface area contributed by atoms with Crippen molar-refractivity contribution in [1.29, 1.82) is 0 Å². The van der Waals surface area contributed by atoms with Crippen molar-refractivity contribution in [1.82, 2.24) is 5.32 Å². The summed E-state index contributed by atoms with van der Waals surface area (Å²) < 4.78 is 0. The molecule has 1 fully saturated rings. The number of allylic oxidation sites excluding steroid dienone is 1. The second kappa shape index (κ2) is 2.12. The van der Waals surface area contributed by atoms with E-state index >= 15 is 0 Å². The van der Waals surface area contributed by atoms with Gasteiger partial charge in [-0.15, -0.1) is 0 Å². The average Bonchev–Trinajstić information content (AvgIpc) is 1.81. The number of hydrogen-bond donors (Lipinski definition) is 1. The number of rotatable bonds is 0. The van der Waals surface area contributed by atoms with Crippen LogP contribution in [0.15, 0.2) is 11.6 Å². The van der Waals surface area contributed by atoms with Crippen LogP contribution in [0.4, 0.5) is 0 Å². The molecule has 0 unspecified atom stereocenters. The van der Waals surface area contributed by atoms with Crippen molar-refractivity contribution < 1.29 is 4.79 Å². The summed E-state index contributed by atoms with van der Waals surface area (Å²) in [5.41, 5.74) is 1.47. The average molecular weight is 165 g/mol. The van der Waals surface area contributed by atoms with E-state index in [0.717, 1.165) is 6.42 Å². The Balaban J connectivity index is 2.31. The van der Waals surface area contributed by atoms with Gasteiger partial charge in [-0.3, -0.25) is 4.79 Å². The highest BCUT2D eigenvalue weighted by Crippen LogP contribution is 2.42. The van der Waals surface area contributed by atoms with Crippen molar-refractivity contribution in [3.8, 4) is 0 Å². The van der Waals surface area contributed by atoms with Crippen LogP contribution in [0.2, 0.25) is 0 Å². The maximum Gasteiger partial charge on any atom is 0.226 e. The first kappa shape index (κ1) is 7.84. The van der Waals surface area contributed by atoms with Gasteiger partial charge in [0, 0.05) is 0 Å². The summed E-state index contributed by atoms with van der Waals surface area (Å²) in [5, 5.41) is 3.00. The monoisotopic (exact) mass is 165 g/mol. The van der Waals surface area contributed by atoms with Crippen LogP contribution in [0.3, 0.4) is 0 Å². The molecule has 0 spiro atoms. The topological polar surface area (TPSA) is 29.1 Å². The Morgan fingerprint density at radius 2 is 2.33 bits per heavy atom. The van der Waals surface area contributed by atoms with Gasteiger partial charge in [0.05, 0.1) is 11.5 Å². The first-order valence-electron chi connectivity index (χ1n) is 4.52. The molecule has 1 saturated heterocycles. The fourth-order valence-electron chi connectivity index (χ4n) is 2.80. The van der Waals surface area contributed by atoms with E-state index in [2.05, 4.69) is 32.2 Å². The van der Waals surface area contributed by atoms with Crippen molar-refractivity contribution in [2.24, 2.45) is 11.8 Å². The molecule has 0 bridgehead atoms. The van der Waals surface area contributed by atoms with E-state index in [-0.39, 0.29) is 17.4 Å². The van der Waals surface area contributed by atoms with Crippen molar-refractivity contribution in [3.63, 3.8) is 0 Å². The summed E-state index contributed by atoms with van der Waals surface area (Å²) in [6.45, 7) is 6.42. The Kier molecular flexibility index (Phi) is 1.39. The molecular weight excluding hydrogens is 150 g/mol. The Morgan fingerprint density at radius 1 is 1.67 bits per heavy atom. The zero-order chi connectivity index (χ0) is 8.93. The van der Waals surface area contributed by atoms with Gasteiger partial charge in [-0.2, -0.15) is 0 Å². The van der Waals surface area contributed by atoms with Gasteiger partial charge in [0.15, 0.2) is 0 Å². The minimum absolute atomic E-state index is 0.0648. The molecule has 2 rings (SSSR count). The summed E-state index contributed by atoms with van der Waals surface area (Å²) in [6.07, 6.45) is 3.25. The van der Waals surface area contributed by atoms with Crippen LogP contribution in [0.25, 0.3) is 0 Å². The first-order chi connectivity index (χ1) is 5.53. The van der Waals surface area contributed by atoms with E-state index in [1.165, 1.54) is 5.57 Å². The smallest absolute Gasteiger partial charge is 0.226 e. The summed E-state index contributed by atoms with van der Waals surface area (Å²) in [4.78, 5) is 11.2. The SMILES string of the molecule is CC1=C[C@@H](C)[C@H]2C(=O)N[C@]2(C)C1. The second-order valence-corrected chi connectivity index (χ2v) is 4.43. The van der Waals surface area contributed by atoms with Gasteiger partial charge >= 0.3 is 0 Å². The quantitative estimate of drug-likeness (QED) is 0.427. The van der Waals surface area contributed by atoms with E-state index in [1.807, 2.05) is 0 Å². The van der Waals surface area contributed by atoms with Crippen molar-refractivity contribution in [2.45, 2.75) is 32.7 Å². The number of fused-ring (bicyclic) bond motifs is 1. The third-order valence-electron chi connectivity index (χ3n) is 3.10. The third-order valence-corrected chi connectivity index (χ3v) is 3.10. The predicted octanol–water partition coefficient (Wildman–Crippen LogP) is 1.48. The van der Waals surface area contributed by atoms with Crippen molar-refractivity contribution in [3.05, 3.63) is 11.6 Å². The maximum atomic E-state index is 11.2. The first-order valence-corrected chi connectivity index (χ1v) is 4.52. The third kappa shape index (κ3) is 0.838. The van der Waals surface area contributed by atoms with E-state index in [4.69, 9.17) is 0 Å². The largest absolute Gasteiger partial charge is 0.349 e. The number of amides is 1. The van der Waals surface area contributed by atoms with Crippen LogP contribution in [0.1, 0.15) is 27.2 Å². The molecule has 1 heterocycles. The minimum atomic E-state index is 0.0648. The fraction of sp³-hybridized carbons (Fsp3) is 0.700. The molecule has 0 radical (unpaired) electrons. The summed E-state index contributed by atoms with van der Waals surface area (Å²) in [5.74, 6) is 0.868. The normalized spacial score (nSPS) is 45.6. The standard InChI is InChI=1S/C10H15NO/c1-6-4-7(2)8-9(12)11-10(8,3)5-6/h4,7-8H,5H2,1-3H3,(H,11,12)/t7-,8+,10-/m1/s1. The van der Waals surface area contributed by atoms with Crippen LogP contribution in [0.5, 0.6) is 0 Å². The van der Waals surface area contributed by atoms with Gasteiger partial charge in [0.1, 0.15) is 0 Å². The number of carbonyl (C=O) groups excluding carboxylic acids is 1. The molecule has 0 aromatic heterocycles. The molecule has 2 aliphatic rings. The maximum absolute atomic E-state index is 11.2. The predicted molar refractivity (Wildman–Crippen MR) is 47.6 cm³/mol. The molecule has 1 aliphatic heterocycles. The van der Waals surface area contributed by atoms with Crippen LogP contribution in [-0.4, -0.2) is 11.4 Å². The second-order valence-electron chi connectivity index (χ2n) is 4.43. The lowest BCUT2D eigenvalue weighted by Gasteiger charge is -2.52. The zero-order valence-electron chi connectivity index (χ0n) is 7.85. The lowest BCUT2D eigenvalue weighted by Crippen LogP contribution is -2.70. The molecule has 66 valence electrons. The van der Waals surface area contributed by atoms with Gasteiger partial charge in [-0.1, -0.05) is 18.6 Å². The molecule has 2 nitrogen and oxygen atoms in total. The molecule has 3 atom stereocenters. The summed E-state index contributed by atoms with van der Waals surface area (Å²) >= 11 is 0. The zero-order valence-corrected chi connectivity index (χ0v) is 7.85. The summed E-state index contributed by atoms with van der Waals surface area (Å²) in [6, 6.07) is 0. The van der Waals surface area contributed by atoms with E-state index in [9.17, 15) is 4.79 Å². The van der Waals surface area contributed by atoms with Gasteiger partial charge < -0.3 is 5.32 Å². The molecule has 0 aromatic rings. The van der Waals surface area contributed by atoms with Gasteiger partial charge in [0.25, 0.3) is 0 Å². The number of hydrogen-bond acceptors (Lipinski definition) is 1. The molecular formula is C10H15NO. The highest BCUT2D eigenvalue weighted by molar-refractivity contribution is 5.88. The lowest BCUT2D eigenvalue weighted by molar-refractivity contribution is -0.143.